The van der Waals surface area contributed by atoms with Crippen molar-refractivity contribution in [2.24, 2.45) is 0 Å². The second kappa shape index (κ2) is 5.06. The largest absolute Gasteiger partial charge is 0.496 e. The Bertz CT molecular complexity index is 463. The molecule has 4 nitrogen and oxygen atoms in total. The molecule has 0 atom stereocenters. The van der Waals surface area contributed by atoms with E-state index in [1.807, 2.05) is 33.8 Å². The monoisotopic (exact) mass is 283 g/mol. The molecule has 0 bridgehead atoms. The zero-order chi connectivity index (χ0) is 14.3. The lowest BCUT2D eigenvalue weighted by molar-refractivity contribution is 0.00578. The fraction of sp³-hybridized carbons (Fsp3) is 0.615. The van der Waals surface area contributed by atoms with Gasteiger partial charge in [0.1, 0.15) is 5.15 Å². The van der Waals surface area contributed by atoms with Gasteiger partial charge in [-0.2, -0.15) is 0 Å². The highest BCUT2D eigenvalue weighted by atomic mass is 35.5. The normalized spacial score (nSPS) is 20.8. The molecule has 0 amide bonds. The fourth-order valence-electron chi connectivity index (χ4n) is 1.98. The summed E-state index contributed by atoms with van der Waals surface area (Å²) in [5.74, 6) is 0. The Morgan fingerprint density at radius 2 is 1.79 bits per heavy atom. The molecule has 104 valence electrons. The molecule has 1 N–H and O–H groups in total. The van der Waals surface area contributed by atoms with Crippen molar-refractivity contribution in [3.63, 3.8) is 0 Å². The van der Waals surface area contributed by atoms with Crippen LogP contribution < -0.4 is 5.46 Å². The molecule has 0 aliphatic carbocycles. The third kappa shape index (κ3) is 2.79. The van der Waals surface area contributed by atoms with E-state index in [-0.39, 0.29) is 6.61 Å². The van der Waals surface area contributed by atoms with Gasteiger partial charge in [0, 0.05) is 24.2 Å². The highest BCUT2D eigenvalue weighted by Crippen LogP contribution is 2.36. The average molecular weight is 284 g/mol. The first-order valence-corrected chi connectivity index (χ1v) is 6.76. The van der Waals surface area contributed by atoms with Gasteiger partial charge in [-0.15, -0.1) is 0 Å². The molecule has 0 saturated carbocycles. The van der Waals surface area contributed by atoms with Gasteiger partial charge in [0.15, 0.2) is 0 Å². The number of aromatic nitrogens is 1. The first-order valence-electron chi connectivity index (χ1n) is 6.38. The minimum absolute atomic E-state index is 0.0137. The zero-order valence-electron chi connectivity index (χ0n) is 11.7. The molecule has 1 fully saturated rings. The first-order chi connectivity index (χ1) is 8.77. The summed E-state index contributed by atoms with van der Waals surface area (Å²) in [5.41, 5.74) is 0.757. The van der Waals surface area contributed by atoms with E-state index in [1.165, 1.54) is 0 Å². The van der Waals surface area contributed by atoms with E-state index >= 15 is 0 Å². The van der Waals surface area contributed by atoms with Gasteiger partial charge >= 0.3 is 7.12 Å². The Balaban J connectivity index is 2.34. The summed E-state index contributed by atoms with van der Waals surface area (Å²) < 4.78 is 12.0. The lowest BCUT2D eigenvalue weighted by Gasteiger charge is -2.32. The predicted octanol–water partition coefficient (Wildman–Crippen LogP) is 1.57. The number of aliphatic hydroxyl groups excluding tert-OH is 1. The van der Waals surface area contributed by atoms with Crippen LogP contribution in [0.3, 0.4) is 0 Å². The summed E-state index contributed by atoms with van der Waals surface area (Å²) in [7, 11) is -0.476. The SMILES string of the molecule is CC1(C)OB(c2ccc(Cl)nc2CCO)OC1(C)C. The van der Waals surface area contributed by atoms with Crippen LogP contribution in [0.5, 0.6) is 0 Å². The van der Waals surface area contributed by atoms with Gasteiger partial charge in [-0.05, 0) is 33.8 Å². The van der Waals surface area contributed by atoms with Gasteiger partial charge in [0.25, 0.3) is 0 Å². The van der Waals surface area contributed by atoms with Crippen molar-refractivity contribution < 1.29 is 14.4 Å². The van der Waals surface area contributed by atoms with Crippen LogP contribution in [0.2, 0.25) is 5.15 Å². The van der Waals surface area contributed by atoms with Gasteiger partial charge in [-0.3, -0.25) is 0 Å². The maximum atomic E-state index is 9.12. The van der Waals surface area contributed by atoms with Crippen LogP contribution in [0.15, 0.2) is 12.1 Å². The van der Waals surface area contributed by atoms with Crippen LogP contribution in [0.4, 0.5) is 0 Å². The number of aliphatic hydroxyl groups is 1. The minimum atomic E-state index is -0.476. The Hall–Kier alpha value is -0.615. The van der Waals surface area contributed by atoms with Crippen LogP contribution in [0.1, 0.15) is 33.4 Å². The fourth-order valence-corrected chi connectivity index (χ4v) is 2.14. The molecule has 0 spiro atoms. The molecule has 19 heavy (non-hydrogen) atoms. The van der Waals surface area contributed by atoms with Gasteiger partial charge in [0.2, 0.25) is 0 Å². The molecule has 2 rings (SSSR count). The molecule has 1 aromatic heterocycles. The summed E-state index contributed by atoms with van der Waals surface area (Å²) in [4.78, 5) is 4.25. The molecule has 6 heteroatoms. The molecule has 1 aromatic rings. The molecular weight excluding hydrogens is 264 g/mol. The van der Waals surface area contributed by atoms with Crippen molar-refractivity contribution in [3.05, 3.63) is 23.0 Å². The number of hydrogen-bond acceptors (Lipinski definition) is 4. The van der Waals surface area contributed by atoms with Gasteiger partial charge < -0.3 is 14.4 Å². The summed E-state index contributed by atoms with van der Waals surface area (Å²) in [6, 6.07) is 3.56. The van der Waals surface area contributed by atoms with E-state index < -0.39 is 18.3 Å². The molecule has 0 aromatic carbocycles. The maximum Gasteiger partial charge on any atom is 0.496 e. The number of pyridine rings is 1. The lowest BCUT2D eigenvalue weighted by atomic mass is 9.77. The third-order valence-corrected chi connectivity index (χ3v) is 4.04. The van der Waals surface area contributed by atoms with Crippen molar-refractivity contribution in [2.75, 3.05) is 6.61 Å². The van der Waals surface area contributed by atoms with E-state index in [2.05, 4.69) is 4.98 Å². The van der Waals surface area contributed by atoms with Crippen molar-refractivity contribution >= 4 is 24.2 Å². The molecule has 0 unspecified atom stereocenters. The van der Waals surface area contributed by atoms with E-state index in [0.29, 0.717) is 17.3 Å². The first kappa shape index (κ1) is 14.8. The van der Waals surface area contributed by atoms with Crippen molar-refractivity contribution in [1.82, 2.24) is 4.98 Å². The summed E-state index contributed by atoms with van der Waals surface area (Å²) in [6.07, 6.45) is 0.431. The lowest BCUT2D eigenvalue weighted by Crippen LogP contribution is -2.41. The third-order valence-electron chi connectivity index (χ3n) is 3.83. The zero-order valence-corrected chi connectivity index (χ0v) is 12.5. The number of nitrogens with zero attached hydrogens (tertiary/aromatic N) is 1. The van der Waals surface area contributed by atoms with Crippen LogP contribution in [0, 0.1) is 0 Å². The predicted molar refractivity (Wildman–Crippen MR) is 75.8 cm³/mol. The van der Waals surface area contributed by atoms with Gasteiger partial charge in [0.05, 0.1) is 11.2 Å². The number of halogens is 1. The second-order valence-corrected chi connectivity index (χ2v) is 6.12. The van der Waals surface area contributed by atoms with E-state index in [0.717, 1.165) is 5.46 Å². The van der Waals surface area contributed by atoms with E-state index in [4.69, 9.17) is 26.0 Å². The summed E-state index contributed by atoms with van der Waals surface area (Å²) >= 11 is 5.90. The van der Waals surface area contributed by atoms with Crippen LogP contribution >= 0.6 is 11.6 Å². The summed E-state index contributed by atoms with van der Waals surface area (Å²) in [6.45, 7) is 8.02. The van der Waals surface area contributed by atoms with Crippen LogP contribution in [0.25, 0.3) is 0 Å². The molecule has 2 heterocycles. The smallest absolute Gasteiger partial charge is 0.399 e. The average Bonchev–Trinajstić information content (AvgIpc) is 2.48. The van der Waals surface area contributed by atoms with E-state index in [1.54, 1.807) is 6.07 Å². The van der Waals surface area contributed by atoms with Gasteiger partial charge in [-0.25, -0.2) is 4.98 Å². The molecule has 0 radical (unpaired) electrons. The maximum absolute atomic E-state index is 9.12. The standard InChI is InChI=1S/C13H19BClNO3/c1-12(2)13(3,4)19-14(18-12)9-5-6-11(15)16-10(9)7-8-17/h5-6,17H,7-8H2,1-4H3. The Morgan fingerprint density at radius 3 is 2.32 bits per heavy atom. The summed E-state index contributed by atoms with van der Waals surface area (Å²) in [5, 5.41) is 9.52. The topological polar surface area (TPSA) is 51.6 Å². The van der Waals surface area contributed by atoms with Crippen LogP contribution in [-0.2, 0) is 15.7 Å². The highest BCUT2D eigenvalue weighted by molar-refractivity contribution is 6.62. The van der Waals surface area contributed by atoms with Crippen molar-refractivity contribution in [1.29, 1.82) is 0 Å². The van der Waals surface area contributed by atoms with Crippen molar-refractivity contribution in [2.45, 2.75) is 45.3 Å². The van der Waals surface area contributed by atoms with Gasteiger partial charge in [-0.1, -0.05) is 17.7 Å². The molecule has 1 saturated heterocycles. The number of hydrogen-bond donors (Lipinski definition) is 1. The Morgan fingerprint density at radius 1 is 1.21 bits per heavy atom. The molecular formula is C13H19BClNO3. The van der Waals surface area contributed by atoms with E-state index in [9.17, 15) is 0 Å². The number of rotatable bonds is 3. The minimum Gasteiger partial charge on any atom is -0.399 e. The highest BCUT2D eigenvalue weighted by Gasteiger charge is 2.52. The molecule has 1 aliphatic heterocycles. The second-order valence-electron chi connectivity index (χ2n) is 5.73. The Labute approximate surface area is 119 Å². The van der Waals surface area contributed by atoms with Crippen molar-refractivity contribution in [3.8, 4) is 0 Å². The molecule has 1 aliphatic rings. The Kier molecular flexibility index (Phi) is 3.93. The quantitative estimate of drug-likeness (QED) is 0.676. The van der Waals surface area contributed by atoms with Crippen LogP contribution in [-0.4, -0.2) is 35.0 Å².